The highest BCUT2D eigenvalue weighted by Gasteiger charge is 2.43. The summed E-state index contributed by atoms with van der Waals surface area (Å²) in [6, 6.07) is 5.42. The third kappa shape index (κ3) is 2.57. The molecule has 1 saturated carbocycles. The predicted octanol–water partition coefficient (Wildman–Crippen LogP) is 2.54. The van der Waals surface area contributed by atoms with Gasteiger partial charge in [-0.25, -0.2) is 8.42 Å². The number of fused-ring (bicyclic) bond motifs is 1. The van der Waals surface area contributed by atoms with Crippen LogP contribution in [0.25, 0.3) is 0 Å². The molecule has 1 aromatic rings. The number of carbonyl (C=O) groups is 1. The average Bonchev–Trinajstić information content (AvgIpc) is 3.16. The molecule has 0 radical (unpaired) electrons. The first-order chi connectivity index (χ1) is 9.72. The van der Waals surface area contributed by atoms with Gasteiger partial charge < -0.3 is 4.90 Å². The van der Waals surface area contributed by atoms with E-state index in [0.717, 1.165) is 11.3 Å². The van der Waals surface area contributed by atoms with Gasteiger partial charge in [0.05, 0.1) is 5.25 Å². The third-order valence-electron chi connectivity index (χ3n) is 4.17. The van der Waals surface area contributed by atoms with E-state index < -0.39 is 15.6 Å². The molecule has 1 aliphatic heterocycles. The first-order valence-corrected chi connectivity index (χ1v) is 9.13. The van der Waals surface area contributed by atoms with Crippen LogP contribution in [0.3, 0.4) is 0 Å². The molecular formula is C15H18ClNO3S. The largest absolute Gasteiger partial charge is 0.310 e. The van der Waals surface area contributed by atoms with Crippen LogP contribution in [0.15, 0.2) is 18.2 Å². The highest BCUT2D eigenvalue weighted by Crippen LogP contribution is 2.44. The zero-order valence-corrected chi connectivity index (χ0v) is 13.7. The number of hydrogen-bond donors (Lipinski definition) is 0. The zero-order chi connectivity index (χ0) is 15.4. The van der Waals surface area contributed by atoms with Gasteiger partial charge in [0.15, 0.2) is 9.84 Å². The second kappa shape index (κ2) is 4.71. The second-order valence-electron chi connectivity index (χ2n) is 6.50. The van der Waals surface area contributed by atoms with Crippen LogP contribution in [-0.4, -0.2) is 31.9 Å². The molecule has 0 atom stereocenters. The minimum Gasteiger partial charge on any atom is -0.310 e. The smallest absolute Gasteiger partial charge is 0.242 e. The van der Waals surface area contributed by atoms with E-state index in [1.807, 2.05) is 19.9 Å². The highest BCUT2D eigenvalue weighted by atomic mass is 35.5. The van der Waals surface area contributed by atoms with Crippen molar-refractivity contribution in [1.29, 1.82) is 0 Å². The van der Waals surface area contributed by atoms with Crippen molar-refractivity contribution in [2.24, 2.45) is 0 Å². The Morgan fingerprint density at radius 2 is 2.05 bits per heavy atom. The van der Waals surface area contributed by atoms with Crippen LogP contribution in [0.4, 0.5) is 5.69 Å². The van der Waals surface area contributed by atoms with Gasteiger partial charge in [0.1, 0.15) is 5.75 Å². The van der Waals surface area contributed by atoms with Gasteiger partial charge in [0.25, 0.3) is 0 Å². The molecule has 6 heteroatoms. The molecule has 1 fully saturated rings. The van der Waals surface area contributed by atoms with E-state index in [0.29, 0.717) is 24.4 Å². The van der Waals surface area contributed by atoms with Crippen molar-refractivity contribution < 1.29 is 13.2 Å². The second-order valence-corrected chi connectivity index (χ2v) is 9.19. The van der Waals surface area contributed by atoms with Crippen LogP contribution in [0.5, 0.6) is 0 Å². The Morgan fingerprint density at radius 3 is 2.67 bits per heavy atom. The molecule has 3 rings (SSSR count). The molecule has 1 amide bonds. The average molecular weight is 328 g/mol. The van der Waals surface area contributed by atoms with Gasteiger partial charge >= 0.3 is 0 Å². The Hall–Kier alpha value is -1.07. The van der Waals surface area contributed by atoms with Crippen molar-refractivity contribution in [3.63, 3.8) is 0 Å². The zero-order valence-electron chi connectivity index (χ0n) is 12.1. The number of sulfone groups is 1. The predicted molar refractivity (Wildman–Crippen MR) is 83.6 cm³/mol. The lowest BCUT2D eigenvalue weighted by Crippen LogP contribution is -2.38. The molecule has 1 aromatic carbocycles. The first kappa shape index (κ1) is 14.9. The van der Waals surface area contributed by atoms with E-state index in [9.17, 15) is 13.2 Å². The minimum absolute atomic E-state index is 0.271. The van der Waals surface area contributed by atoms with Gasteiger partial charge in [0, 0.05) is 28.2 Å². The minimum atomic E-state index is -3.30. The molecule has 2 aliphatic rings. The summed E-state index contributed by atoms with van der Waals surface area (Å²) in [5, 5.41) is 0.314. The van der Waals surface area contributed by atoms with Gasteiger partial charge in [-0.15, -0.1) is 0 Å². The standard InChI is InChI=1S/C15H18ClNO3S/c1-15(2)9-17(12-5-3-4-11(16)14(12)15)13(18)8-21(19,20)10-6-7-10/h3-5,10H,6-9H2,1-2H3. The number of amides is 1. The fraction of sp³-hybridized carbons (Fsp3) is 0.533. The fourth-order valence-electron chi connectivity index (χ4n) is 2.98. The highest BCUT2D eigenvalue weighted by molar-refractivity contribution is 7.93. The topological polar surface area (TPSA) is 54.5 Å². The molecule has 1 aliphatic carbocycles. The molecule has 114 valence electrons. The molecule has 21 heavy (non-hydrogen) atoms. The maximum absolute atomic E-state index is 12.5. The van der Waals surface area contributed by atoms with Crippen molar-refractivity contribution >= 4 is 33.0 Å². The van der Waals surface area contributed by atoms with E-state index in [2.05, 4.69) is 0 Å². The summed E-state index contributed by atoms with van der Waals surface area (Å²) in [7, 11) is -3.30. The number of nitrogens with zero attached hydrogens (tertiary/aromatic N) is 1. The maximum Gasteiger partial charge on any atom is 0.242 e. The summed E-state index contributed by atoms with van der Waals surface area (Å²) in [5.41, 5.74) is 1.39. The molecular weight excluding hydrogens is 310 g/mol. The van der Waals surface area contributed by atoms with Crippen molar-refractivity contribution in [2.45, 2.75) is 37.4 Å². The number of halogens is 1. The molecule has 0 saturated heterocycles. The Morgan fingerprint density at radius 1 is 1.38 bits per heavy atom. The number of anilines is 1. The Labute approximate surface area is 130 Å². The Bertz CT molecular complexity index is 708. The summed E-state index contributed by atoms with van der Waals surface area (Å²) in [6.07, 6.45) is 1.37. The van der Waals surface area contributed by atoms with Crippen LogP contribution < -0.4 is 4.90 Å². The lowest BCUT2D eigenvalue weighted by Gasteiger charge is -2.21. The summed E-state index contributed by atoms with van der Waals surface area (Å²) >= 11 is 6.26. The van der Waals surface area contributed by atoms with Gasteiger partial charge in [-0.3, -0.25) is 4.79 Å². The molecule has 0 bridgehead atoms. The molecule has 0 aromatic heterocycles. The van der Waals surface area contributed by atoms with Crippen LogP contribution in [-0.2, 0) is 20.0 Å². The molecule has 0 N–H and O–H groups in total. The van der Waals surface area contributed by atoms with E-state index in [1.165, 1.54) is 0 Å². The maximum atomic E-state index is 12.5. The summed E-state index contributed by atoms with van der Waals surface area (Å²) < 4.78 is 24.1. The number of rotatable bonds is 3. The summed E-state index contributed by atoms with van der Waals surface area (Å²) in [6.45, 7) is 4.49. The van der Waals surface area contributed by atoms with Crippen LogP contribution in [0.1, 0.15) is 32.3 Å². The Kier molecular flexibility index (Phi) is 3.33. The summed E-state index contributed by atoms with van der Waals surface area (Å²) in [4.78, 5) is 14.0. The van der Waals surface area contributed by atoms with Gasteiger partial charge in [-0.1, -0.05) is 31.5 Å². The normalized spacial score (nSPS) is 20.4. The number of benzene rings is 1. The van der Waals surface area contributed by atoms with Crippen molar-refractivity contribution in [3.8, 4) is 0 Å². The third-order valence-corrected chi connectivity index (χ3v) is 6.62. The lowest BCUT2D eigenvalue weighted by atomic mass is 9.87. The SMILES string of the molecule is CC1(C)CN(C(=O)CS(=O)(=O)C2CC2)c2cccc(Cl)c21. The monoisotopic (exact) mass is 327 g/mol. The van der Waals surface area contributed by atoms with Gasteiger partial charge in [-0.2, -0.15) is 0 Å². The quantitative estimate of drug-likeness (QED) is 0.857. The van der Waals surface area contributed by atoms with E-state index in [1.54, 1.807) is 17.0 Å². The molecule has 0 spiro atoms. The van der Waals surface area contributed by atoms with Crippen molar-refractivity contribution in [2.75, 3.05) is 17.2 Å². The van der Waals surface area contributed by atoms with Gasteiger partial charge in [0.2, 0.25) is 5.91 Å². The van der Waals surface area contributed by atoms with Crippen LogP contribution in [0.2, 0.25) is 5.02 Å². The summed E-state index contributed by atoms with van der Waals surface area (Å²) in [5.74, 6) is -0.754. The van der Waals surface area contributed by atoms with Crippen molar-refractivity contribution in [1.82, 2.24) is 0 Å². The van der Waals surface area contributed by atoms with Crippen molar-refractivity contribution in [3.05, 3.63) is 28.8 Å². The molecule has 1 heterocycles. The van der Waals surface area contributed by atoms with E-state index >= 15 is 0 Å². The van der Waals surface area contributed by atoms with Crippen LogP contribution in [0, 0.1) is 0 Å². The van der Waals surface area contributed by atoms with E-state index in [4.69, 9.17) is 11.6 Å². The fourth-order valence-corrected chi connectivity index (χ4v) is 5.00. The van der Waals surface area contributed by atoms with Gasteiger partial charge in [-0.05, 0) is 25.0 Å². The molecule has 4 nitrogen and oxygen atoms in total. The Balaban J connectivity index is 1.92. The van der Waals surface area contributed by atoms with Crippen LogP contribution >= 0.6 is 11.6 Å². The number of hydrogen-bond acceptors (Lipinski definition) is 3. The first-order valence-electron chi connectivity index (χ1n) is 7.03. The van der Waals surface area contributed by atoms with E-state index in [-0.39, 0.29) is 16.6 Å². The molecule has 0 unspecified atom stereocenters. The lowest BCUT2D eigenvalue weighted by molar-refractivity contribution is -0.116. The number of carbonyl (C=O) groups excluding carboxylic acids is 1.